The maximum absolute atomic E-state index is 11.7. The molecular weight excluding hydrogens is 282 g/mol. The van der Waals surface area contributed by atoms with E-state index in [1.54, 1.807) is 18.2 Å². The summed E-state index contributed by atoms with van der Waals surface area (Å²) in [5.41, 5.74) is 1.23. The minimum Gasteiger partial charge on any atom is -0.489 e. The van der Waals surface area contributed by atoms with Crippen LogP contribution in [0.3, 0.4) is 0 Å². The fraction of sp³-hybridized carbons (Fsp3) is 0.118. The van der Waals surface area contributed by atoms with Gasteiger partial charge in [0.25, 0.3) is 5.78 Å². The van der Waals surface area contributed by atoms with Crippen LogP contribution in [-0.4, -0.2) is 23.4 Å². The van der Waals surface area contributed by atoms with Gasteiger partial charge >= 0.3 is 5.97 Å². The summed E-state index contributed by atoms with van der Waals surface area (Å²) in [5.74, 6) is -1.80. The van der Waals surface area contributed by atoms with Crippen molar-refractivity contribution in [3.8, 4) is 5.75 Å². The molecule has 3 rings (SSSR count). The summed E-state index contributed by atoms with van der Waals surface area (Å²) in [6.07, 6.45) is 0. The van der Waals surface area contributed by atoms with Crippen LogP contribution < -0.4 is 15.3 Å². The number of ether oxygens (including phenoxy) is 1. The van der Waals surface area contributed by atoms with Crippen LogP contribution in [0.4, 0.5) is 0 Å². The molecule has 1 aliphatic heterocycles. The zero-order chi connectivity index (χ0) is 15.5. The Morgan fingerprint density at radius 1 is 1.14 bits per heavy atom. The number of carbonyl (C=O) groups is 2. The first kappa shape index (κ1) is 14.0. The highest BCUT2D eigenvalue weighted by Gasteiger charge is 2.21. The molecule has 0 unspecified atom stereocenters. The Labute approximate surface area is 126 Å². The lowest BCUT2D eigenvalue weighted by Gasteiger charge is -2.06. The lowest BCUT2D eigenvalue weighted by atomic mass is 10.1. The lowest BCUT2D eigenvalue weighted by Crippen LogP contribution is -2.27. The molecule has 0 fully saturated rings. The maximum atomic E-state index is 11.7. The second-order valence-corrected chi connectivity index (χ2v) is 4.88. The summed E-state index contributed by atoms with van der Waals surface area (Å²) in [5, 5.41) is 10.0. The van der Waals surface area contributed by atoms with Gasteiger partial charge in [-0.15, -0.1) is 0 Å². The van der Waals surface area contributed by atoms with Crippen molar-refractivity contribution in [1.82, 2.24) is 0 Å². The Kier molecular flexibility index (Phi) is 3.70. The van der Waals surface area contributed by atoms with E-state index >= 15 is 0 Å². The summed E-state index contributed by atoms with van der Waals surface area (Å²) in [6, 6.07) is 14.9. The molecule has 1 heterocycles. The molecule has 1 N–H and O–H groups in total. The molecule has 0 aliphatic carbocycles. The van der Waals surface area contributed by atoms with Gasteiger partial charge in [-0.25, -0.2) is 4.79 Å². The second kappa shape index (κ2) is 5.81. The normalized spacial score (nSPS) is 12.5. The molecule has 0 bridgehead atoms. The smallest absolute Gasteiger partial charge is 0.376 e. The number of fused-ring (bicyclic) bond motifs is 1. The van der Waals surface area contributed by atoms with E-state index in [9.17, 15) is 9.59 Å². The van der Waals surface area contributed by atoms with E-state index in [4.69, 9.17) is 9.84 Å². The van der Waals surface area contributed by atoms with Crippen molar-refractivity contribution in [2.75, 3.05) is 6.54 Å². The Morgan fingerprint density at radius 2 is 1.91 bits per heavy atom. The minimum atomic E-state index is -1.46. The molecule has 0 aromatic heterocycles. The fourth-order valence-corrected chi connectivity index (χ4v) is 2.30. The first-order valence-corrected chi connectivity index (χ1v) is 6.77. The molecule has 0 saturated carbocycles. The Bertz CT molecular complexity index is 856. The maximum Gasteiger partial charge on any atom is 0.376 e. The number of carboxylic acids is 1. The molecule has 0 atom stereocenters. The third kappa shape index (κ3) is 2.74. The number of hydrogen-bond acceptors (Lipinski definition) is 4. The monoisotopic (exact) mass is 295 g/mol. The van der Waals surface area contributed by atoms with E-state index in [-0.39, 0.29) is 12.1 Å². The lowest BCUT2D eigenvalue weighted by molar-refractivity contribution is -0.146. The van der Waals surface area contributed by atoms with Gasteiger partial charge in [-0.1, -0.05) is 30.3 Å². The number of rotatable bonds is 5. The van der Waals surface area contributed by atoms with Crippen LogP contribution in [-0.2, 0) is 16.2 Å². The van der Waals surface area contributed by atoms with Crippen molar-refractivity contribution in [1.29, 1.82) is 0 Å². The number of nitrogens with zero attached hydrogens (tertiary/aromatic N) is 1. The van der Waals surface area contributed by atoms with Crippen molar-refractivity contribution < 1.29 is 19.4 Å². The van der Waals surface area contributed by atoms with Crippen LogP contribution in [0.5, 0.6) is 5.75 Å². The van der Waals surface area contributed by atoms with E-state index in [1.807, 2.05) is 30.3 Å². The molecule has 0 radical (unpaired) electrons. The molecule has 2 aromatic rings. The van der Waals surface area contributed by atoms with Crippen LogP contribution in [0.2, 0.25) is 0 Å². The molecule has 2 aromatic carbocycles. The third-order valence-corrected chi connectivity index (χ3v) is 3.42. The third-order valence-electron chi connectivity index (χ3n) is 3.42. The fourth-order valence-electron chi connectivity index (χ4n) is 2.30. The molecule has 22 heavy (non-hydrogen) atoms. The van der Waals surface area contributed by atoms with Gasteiger partial charge in [0.2, 0.25) is 0 Å². The second-order valence-electron chi connectivity index (χ2n) is 4.88. The predicted octanol–water partition coefficient (Wildman–Crippen LogP) is 0.703. The molecule has 1 aliphatic rings. The van der Waals surface area contributed by atoms with E-state index in [1.165, 1.54) is 0 Å². The van der Waals surface area contributed by atoms with Gasteiger partial charge in [0.1, 0.15) is 12.4 Å². The average Bonchev–Trinajstić information content (AvgIpc) is 2.96. The standard InChI is InChI=1S/C17H13NO4/c19-16(17(20)21)14-9-18-15-7-6-12(8-13(14)15)22-10-11-4-2-1-3-5-11/h1-8H,9-10H2,(H,20,21). The van der Waals surface area contributed by atoms with Crippen LogP contribution in [0.1, 0.15) is 5.56 Å². The van der Waals surface area contributed by atoms with Gasteiger partial charge < -0.3 is 9.84 Å². The summed E-state index contributed by atoms with van der Waals surface area (Å²) in [6.45, 7) is 0.502. The summed E-state index contributed by atoms with van der Waals surface area (Å²) < 4.78 is 5.69. The SMILES string of the molecule is O=C(O)C(=O)C1=c2cc(OCc3ccccc3)ccc2=NC1. The summed E-state index contributed by atoms with van der Waals surface area (Å²) >= 11 is 0. The minimum absolute atomic E-state index is 0.0998. The van der Waals surface area contributed by atoms with Gasteiger partial charge in [0.15, 0.2) is 0 Å². The molecular formula is C17H13NO4. The van der Waals surface area contributed by atoms with Crippen LogP contribution in [0.25, 0.3) is 5.57 Å². The number of carbonyl (C=O) groups excluding carboxylic acids is 1. The van der Waals surface area contributed by atoms with E-state index < -0.39 is 11.8 Å². The van der Waals surface area contributed by atoms with Crippen molar-refractivity contribution >= 4 is 17.3 Å². The molecule has 0 spiro atoms. The summed E-state index contributed by atoms with van der Waals surface area (Å²) in [4.78, 5) is 26.7. The number of aliphatic carboxylic acids is 1. The van der Waals surface area contributed by atoms with Crippen molar-refractivity contribution in [2.45, 2.75) is 6.61 Å². The molecule has 0 saturated heterocycles. The van der Waals surface area contributed by atoms with E-state index in [0.29, 0.717) is 22.9 Å². The number of carboxylic acid groups (broad SMARTS) is 1. The number of hydrogen-bond donors (Lipinski definition) is 1. The molecule has 110 valence electrons. The first-order valence-electron chi connectivity index (χ1n) is 6.77. The van der Waals surface area contributed by atoms with Crippen molar-refractivity contribution in [3.05, 3.63) is 64.7 Å². The quantitative estimate of drug-likeness (QED) is 0.824. The average molecular weight is 295 g/mol. The highest BCUT2D eigenvalue weighted by atomic mass is 16.5. The van der Waals surface area contributed by atoms with Crippen molar-refractivity contribution in [2.24, 2.45) is 4.99 Å². The highest BCUT2D eigenvalue weighted by Crippen LogP contribution is 2.10. The Balaban J connectivity index is 1.89. The number of ketones is 1. The van der Waals surface area contributed by atoms with Gasteiger partial charge in [0.05, 0.1) is 11.9 Å². The van der Waals surface area contributed by atoms with Gasteiger partial charge in [-0.05, 0) is 23.8 Å². The largest absolute Gasteiger partial charge is 0.489 e. The van der Waals surface area contributed by atoms with Gasteiger partial charge in [0, 0.05) is 10.8 Å². The highest BCUT2D eigenvalue weighted by molar-refractivity contribution is 6.49. The zero-order valence-electron chi connectivity index (χ0n) is 11.7. The van der Waals surface area contributed by atoms with Gasteiger partial charge in [-0.2, -0.15) is 0 Å². The van der Waals surface area contributed by atoms with Gasteiger partial charge in [-0.3, -0.25) is 9.79 Å². The van der Waals surface area contributed by atoms with E-state index in [2.05, 4.69) is 4.99 Å². The van der Waals surface area contributed by atoms with Crippen LogP contribution in [0.15, 0.2) is 53.5 Å². The first-order chi connectivity index (χ1) is 10.6. The molecule has 0 amide bonds. The Hall–Kier alpha value is -2.95. The van der Waals surface area contributed by atoms with Crippen LogP contribution in [0, 0.1) is 0 Å². The molecule has 5 nitrogen and oxygen atoms in total. The van der Waals surface area contributed by atoms with E-state index in [0.717, 1.165) is 5.56 Å². The number of Topliss-reactive ketones (excluding diaryl/α,β-unsaturated/α-hetero) is 1. The zero-order valence-corrected chi connectivity index (χ0v) is 11.7. The van der Waals surface area contributed by atoms with Crippen LogP contribution >= 0.6 is 0 Å². The number of benzene rings is 2. The predicted molar refractivity (Wildman–Crippen MR) is 78.9 cm³/mol. The summed E-state index contributed by atoms with van der Waals surface area (Å²) in [7, 11) is 0. The Morgan fingerprint density at radius 3 is 2.64 bits per heavy atom. The topological polar surface area (TPSA) is 76.0 Å². The van der Waals surface area contributed by atoms with Crippen molar-refractivity contribution in [3.63, 3.8) is 0 Å². The molecule has 5 heteroatoms.